The van der Waals surface area contributed by atoms with Crippen LogP contribution in [0.15, 0.2) is 12.1 Å². The molecule has 2 rings (SSSR count). The smallest absolute Gasteiger partial charge is 0.229 e. The number of aliphatic hydroxyl groups excluding tert-OH is 5. The Morgan fingerprint density at radius 2 is 1.54 bits per heavy atom. The van der Waals surface area contributed by atoms with Crippen molar-refractivity contribution in [3.05, 3.63) is 17.7 Å². The first-order valence-corrected chi connectivity index (χ1v) is 7.29. The molecule has 0 aromatic heterocycles. The van der Waals surface area contributed by atoms with Crippen molar-refractivity contribution in [1.29, 1.82) is 0 Å². The van der Waals surface area contributed by atoms with E-state index in [1.54, 1.807) is 0 Å². The fourth-order valence-electron chi connectivity index (χ4n) is 2.42. The van der Waals surface area contributed by atoms with E-state index in [2.05, 4.69) is 0 Å². The normalized spacial score (nSPS) is 30.0. The Bertz CT molecular complexity index is 523. The third-order valence-electron chi connectivity index (χ3n) is 3.79. The van der Waals surface area contributed by atoms with E-state index in [4.69, 9.17) is 18.9 Å². The van der Waals surface area contributed by atoms with E-state index in [0.29, 0.717) is 5.56 Å². The van der Waals surface area contributed by atoms with Gasteiger partial charge >= 0.3 is 0 Å². The summed E-state index contributed by atoms with van der Waals surface area (Å²) >= 11 is 0. The van der Waals surface area contributed by atoms with Crippen molar-refractivity contribution in [3.8, 4) is 17.2 Å². The molecule has 136 valence electrons. The summed E-state index contributed by atoms with van der Waals surface area (Å²) in [5, 5.41) is 48.1. The minimum absolute atomic E-state index is 0.0847. The van der Waals surface area contributed by atoms with Gasteiger partial charge in [0.15, 0.2) is 11.5 Å². The molecule has 1 fully saturated rings. The van der Waals surface area contributed by atoms with Crippen molar-refractivity contribution in [2.75, 3.05) is 20.8 Å². The topological polar surface area (TPSA) is 138 Å². The number of methoxy groups -OCH3 is 2. The molecule has 9 heteroatoms. The molecule has 5 N–H and O–H groups in total. The average Bonchev–Trinajstić information content (AvgIpc) is 2.61. The molecule has 1 aromatic rings. The van der Waals surface area contributed by atoms with Crippen molar-refractivity contribution in [3.63, 3.8) is 0 Å². The molecule has 5 atom stereocenters. The van der Waals surface area contributed by atoms with Crippen LogP contribution >= 0.6 is 0 Å². The van der Waals surface area contributed by atoms with E-state index < -0.39 is 37.3 Å². The van der Waals surface area contributed by atoms with Crippen molar-refractivity contribution < 1.29 is 44.5 Å². The third kappa shape index (κ3) is 3.56. The lowest BCUT2D eigenvalue weighted by atomic mass is 9.99. The molecule has 24 heavy (non-hydrogen) atoms. The van der Waals surface area contributed by atoms with Gasteiger partial charge in [-0.2, -0.15) is 0 Å². The quantitative estimate of drug-likeness (QED) is 0.411. The highest BCUT2D eigenvalue weighted by Gasteiger charge is 2.45. The fourth-order valence-corrected chi connectivity index (χ4v) is 2.42. The highest BCUT2D eigenvalue weighted by Crippen LogP contribution is 2.40. The molecule has 1 heterocycles. The largest absolute Gasteiger partial charge is 0.493 e. The zero-order valence-electron chi connectivity index (χ0n) is 13.3. The highest BCUT2D eigenvalue weighted by molar-refractivity contribution is 5.53. The van der Waals surface area contributed by atoms with Crippen molar-refractivity contribution >= 4 is 0 Å². The van der Waals surface area contributed by atoms with Gasteiger partial charge in [-0.05, 0) is 17.7 Å². The standard InChI is InChI=1S/C15H22O9/c1-21-8-3-7(5-16)4-9(22-2)14(8)24-15-13(20)12(19)11(18)10(6-17)23-15/h3-4,10-13,15-20H,5-6H2,1-2H3/t10-,11-,12+,13-,15+/m1/s1. The van der Waals surface area contributed by atoms with Gasteiger partial charge in [0.2, 0.25) is 12.0 Å². The second-order valence-corrected chi connectivity index (χ2v) is 5.30. The lowest BCUT2D eigenvalue weighted by Crippen LogP contribution is -2.60. The molecule has 0 aliphatic carbocycles. The van der Waals surface area contributed by atoms with E-state index in [9.17, 15) is 25.5 Å². The van der Waals surface area contributed by atoms with Crippen LogP contribution in [0.3, 0.4) is 0 Å². The lowest BCUT2D eigenvalue weighted by molar-refractivity contribution is -0.277. The molecule has 0 spiro atoms. The number of hydrogen-bond donors (Lipinski definition) is 5. The molecule has 1 saturated heterocycles. The average molecular weight is 346 g/mol. The van der Waals surface area contributed by atoms with Gasteiger partial charge in [-0.3, -0.25) is 0 Å². The summed E-state index contributed by atoms with van der Waals surface area (Å²) in [5.41, 5.74) is 0.518. The second kappa shape index (κ2) is 7.97. The van der Waals surface area contributed by atoms with Gasteiger partial charge in [-0.25, -0.2) is 0 Å². The second-order valence-electron chi connectivity index (χ2n) is 5.30. The molecule has 0 saturated carbocycles. The summed E-state index contributed by atoms with van der Waals surface area (Å²) in [4.78, 5) is 0. The molecule has 0 unspecified atom stereocenters. The van der Waals surface area contributed by atoms with E-state index in [-0.39, 0.29) is 23.9 Å². The summed E-state index contributed by atoms with van der Waals surface area (Å²) < 4.78 is 21.3. The van der Waals surface area contributed by atoms with Crippen LogP contribution in [-0.2, 0) is 11.3 Å². The lowest BCUT2D eigenvalue weighted by Gasteiger charge is -2.39. The Balaban J connectivity index is 2.32. The Morgan fingerprint density at radius 3 is 2.00 bits per heavy atom. The zero-order chi connectivity index (χ0) is 17.9. The van der Waals surface area contributed by atoms with Gasteiger partial charge in [0.05, 0.1) is 27.4 Å². The van der Waals surface area contributed by atoms with Gasteiger partial charge in [0.25, 0.3) is 0 Å². The first-order valence-electron chi connectivity index (χ1n) is 7.29. The molecule has 1 aliphatic rings. The van der Waals surface area contributed by atoms with Crippen LogP contribution in [0.4, 0.5) is 0 Å². The molecule has 0 amide bonds. The molecule has 0 radical (unpaired) electrons. The monoisotopic (exact) mass is 346 g/mol. The number of hydrogen-bond acceptors (Lipinski definition) is 9. The maximum atomic E-state index is 10.0. The van der Waals surface area contributed by atoms with Gasteiger partial charge in [-0.15, -0.1) is 0 Å². The molecular weight excluding hydrogens is 324 g/mol. The first kappa shape index (κ1) is 18.7. The van der Waals surface area contributed by atoms with Gasteiger partial charge in [0.1, 0.15) is 24.4 Å². The van der Waals surface area contributed by atoms with E-state index in [0.717, 1.165) is 0 Å². The Labute approximate surface area is 138 Å². The van der Waals surface area contributed by atoms with Crippen LogP contribution < -0.4 is 14.2 Å². The van der Waals surface area contributed by atoms with Gasteiger partial charge < -0.3 is 44.5 Å². The number of benzene rings is 1. The Hall–Kier alpha value is -1.62. The van der Waals surface area contributed by atoms with Crippen LogP contribution in [0.2, 0.25) is 0 Å². The third-order valence-corrected chi connectivity index (χ3v) is 3.79. The number of aliphatic hydroxyl groups is 5. The zero-order valence-corrected chi connectivity index (χ0v) is 13.3. The summed E-state index contributed by atoms with van der Waals surface area (Å²) in [5.74, 6) is 0.521. The van der Waals surface area contributed by atoms with Gasteiger partial charge in [0, 0.05) is 0 Å². The molecule has 9 nitrogen and oxygen atoms in total. The van der Waals surface area contributed by atoms with Crippen LogP contribution in [-0.4, -0.2) is 77.1 Å². The highest BCUT2D eigenvalue weighted by atomic mass is 16.7. The van der Waals surface area contributed by atoms with Crippen LogP contribution in [0.1, 0.15) is 5.56 Å². The molecule has 0 bridgehead atoms. The van der Waals surface area contributed by atoms with Gasteiger partial charge in [-0.1, -0.05) is 0 Å². The number of rotatable bonds is 6. The van der Waals surface area contributed by atoms with Crippen LogP contribution in [0, 0.1) is 0 Å². The predicted octanol–water partition coefficient (Wildman–Crippen LogP) is -1.63. The Kier molecular flexibility index (Phi) is 6.21. The first-order chi connectivity index (χ1) is 11.5. The minimum Gasteiger partial charge on any atom is -0.493 e. The number of ether oxygens (including phenoxy) is 4. The van der Waals surface area contributed by atoms with E-state index in [1.807, 2.05) is 0 Å². The maximum absolute atomic E-state index is 10.0. The maximum Gasteiger partial charge on any atom is 0.229 e. The van der Waals surface area contributed by atoms with E-state index >= 15 is 0 Å². The van der Waals surface area contributed by atoms with E-state index in [1.165, 1.54) is 26.4 Å². The summed E-state index contributed by atoms with van der Waals surface area (Å²) in [7, 11) is 2.77. The summed E-state index contributed by atoms with van der Waals surface area (Å²) in [6, 6.07) is 3.03. The minimum atomic E-state index is -1.56. The van der Waals surface area contributed by atoms with Crippen LogP contribution in [0.25, 0.3) is 0 Å². The van der Waals surface area contributed by atoms with Crippen molar-refractivity contribution in [2.45, 2.75) is 37.3 Å². The summed E-state index contributed by atoms with van der Waals surface area (Å²) in [6.45, 7) is -0.810. The molecule has 1 aliphatic heterocycles. The predicted molar refractivity (Wildman–Crippen MR) is 79.9 cm³/mol. The fraction of sp³-hybridized carbons (Fsp3) is 0.600. The molecule has 1 aromatic carbocycles. The Morgan fingerprint density at radius 1 is 0.958 bits per heavy atom. The van der Waals surface area contributed by atoms with Crippen LogP contribution in [0.5, 0.6) is 17.2 Å². The summed E-state index contributed by atoms with van der Waals surface area (Å²) in [6.07, 6.45) is -7.07. The SMILES string of the molecule is COc1cc(CO)cc(OC)c1O[C@@H]1O[C@H](CO)[C@@H](O)[C@H](O)[C@H]1O. The van der Waals surface area contributed by atoms with Crippen molar-refractivity contribution in [2.24, 2.45) is 0 Å². The molecular formula is C15H22O9. The van der Waals surface area contributed by atoms with Crippen molar-refractivity contribution in [1.82, 2.24) is 0 Å².